The molecule has 2 aromatic carbocycles. The second-order valence-electron chi connectivity index (χ2n) is 4.94. The Bertz CT molecular complexity index is 835. The summed E-state index contributed by atoms with van der Waals surface area (Å²) in [5.41, 5.74) is 1.51. The molecule has 3 aromatic rings. The molecule has 0 radical (unpaired) electrons. The fourth-order valence-corrected chi connectivity index (χ4v) is 2.35. The lowest BCUT2D eigenvalue weighted by Gasteiger charge is -2.09. The Kier molecular flexibility index (Phi) is 4.86. The van der Waals surface area contributed by atoms with Crippen molar-refractivity contribution in [2.75, 3.05) is 14.2 Å². The molecule has 0 bridgehead atoms. The second-order valence-corrected chi connectivity index (χ2v) is 5.38. The van der Waals surface area contributed by atoms with Gasteiger partial charge in [-0.25, -0.2) is 4.68 Å². The second kappa shape index (κ2) is 7.23. The van der Waals surface area contributed by atoms with E-state index in [9.17, 15) is 0 Å². The van der Waals surface area contributed by atoms with Crippen molar-refractivity contribution in [2.24, 2.45) is 0 Å². The SMILES string of the molecule is COc1ccc(-n2cc(COc3cccc(Cl)c3)nn2)cc1OC. The smallest absolute Gasteiger partial charge is 0.162 e. The summed E-state index contributed by atoms with van der Waals surface area (Å²) in [6.07, 6.45) is 1.80. The molecule has 124 valence electrons. The van der Waals surface area contributed by atoms with Crippen molar-refractivity contribution in [2.45, 2.75) is 6.61 Å². The highest BCUT2D eigenvalue weighted by molar-refractivity contribution is 6.30. The van der Waals surface area contributed by atoms with Crippen LogP contribution < -0.4 is 14.2 Å². The molecule has 0 spiro atoms. The zero-order chi connectivity index (χ0) is 16.9. The molecule has 0 saturated heterocycles. The van der Waals surface area contributed by atoms with Crippen LogP contribution in [0.5, 0.6) is 17.2 Å². The minimum Gasteiger partial charge on any atom is -0.493 e. The summed E-state index contributed by atoms with van der Waals surface area (Å²) in [7, 11) is 3.19. The number of aromatic nitrogens is 3. The molecule has 0 aliphatic carbocycles. The maximum absolute atomic E-state index is 5.93. The highest BCUT2D eigenvalue weighted by Gasteiger charge is 2.08. The van der Waals surface area contributed by atoms with Gasteiger partial charge in [-0.2, -0.15) is 0 Å². The van der Waals surface area contributed by atoms with E-state index in [1.54, 1.807) is 37.2 Å². The molecule has 0 amide bonds. The fourth-order valence-electron chi connectivity index (χ4n) is 2.17. The molecule has 3 rings (SSSR count). The van der Waals surface area contributed by atoms with E-state index >= 15 is 0 Å². The van der Waals surface area contributed by atoms with Crippen molar-refractivity contribution in [3.05, 3.63) is 59.4 Å². The van der Waals surface area contributed by atoms with Crippen LogP contribution in [0, 0.1) is 0 Å². The van der Waals surface area contributed by atoms with Gasteiger partial charge in [0.05, 0.1) is 26.1 Å². The van der Waals surface area contributed by atoms with E-state index in [0.717, 1.165) is 5.69 Å². The molecule has 1 heterocycles. The van der Waals surface area contributed by atoms with Gasteiger partial charge in [0.1, 0.15) is 18.1 Å². The van der Waals surface area contributed by atoms with E-state index in [1.807, 2.05) is 30.3 Å². The summed E-state index contributed by atoms with van der Waals surface area (Å²) in [5, 5.41) is 8.85. The van der Waals surface area contributed by atoms with Gasteiger partial charge in [-0.3, -0.25) is 0 Å². The van der Waals surface area contributed by atoms with Gasteiger partial charge in [-0.15, -0.1) is 5.10 Å². The predicted molar refractivity (Wildman–Crippen MR) is 90.2 cm³/mol. The number of rotatable bonds is 6. The minimum atomic E-state index is 0.299. The van der Waals surface area contributed by atoms with Gasteiger partial charge in [0, 0.05) is 11.1 Å². The molecule has 6 nitrogen and oxygen atoms in total. The van der Waals surface area contributed by atoms with Crippen LogP contribution in [-0.4, -0.2) is 29.2 Å². The summed E-state index contributed by atoms with van der Waals surface area (Å²) in [4.78, 5) is 0. The summed E-state index contributed by atoms with van der Waals surface area (Å²) in [6, 6.07) is 12.7. The highest BCUT2D eigenvalue weighted by Crippen LogP contribution is 2.28. The lowest BCUT2D eigenvalue weighted by molar-refractivity contribution is 0.301. The molecule has 0 saturated carbocycles. The van der Waals surface area contributed by atoms with Crippen LogP contribution in [-0.2, 0) is 6.61 Å². The Morgan fingerprint density at radius 3 is 2.62 bits per heavy atom. The number of nitrogens with zero attached hydrogens (tertiary/aromatic N) is 3. The van der Waals surface area contributed by atoms with Gasteiger partial charge < -0.3 is 14.2 Å². The summed E-state index contributed by atoms with van der Waals surface area (Å²) >= 11 is 5.93. The van der Waals surface area contributed by atoms with Gasteiger partial charge >= 0.3 is 0 Å². The monoisotopic (exact) mass is 345 g/mol. The quantitative estimate of drug-likeness (QED) is 0.684. The zero-order valence-corrected chi connectivity index (χ0v) is 14.0. The van der Waals surface area contributed by atoms with Gasteiger partial charge in [-0.1, -0.05) is 22.9 Å². The molecule has 0 aliphatic rings. The number of halogens is 1. The molecule has 0 N–H and O–H groups in total. The third-order valence-corrected chi connectivity index (χ3v) is 3.59. The molecule has 24 heavy (non-hydrogen) atoms. The number of ether oxygens (including phenoxy) is 3. The van der Waals surface area contributed by atoms with E-state index in [1.165, 1.54) is 0 Å². The molecule has 0 atom stereocenters. The lowest BCUT2D eigenvalue weighted by Crippen LogP contribution is -1.97. The maximum atomic E-state index is 5.93. The van der Waals surface area contributed by atoms with Gasteiger partial charge in [0.15, 0.2) is 11.5 Å². The first-order chi connectivity index (χ1) is 11.7. The molecular weight excluding hydrogens is 330 g/mol. The van der Waals surface area contributed by atoms with E-state index in [2.05, 4.69) is 10.3 Å². The third-order valence-electron chi connectivity index (χ3n) is 3.36. The largest absolute Gasteiger partial charge is 0.493 e. The molecular formula is C17H16ClN3O3. The minimum absolute atomic E-state index is 0.299. The summed E-state index contributed by atoms with van der Waals surface area (Å²) in [5.74, 6) is 1.97. The normalized spacial score (nSPS) is 10.5. The Hall–Kier alpha value is -2.73. The number of hydrogen-bond acceptors (Lipinski definition) is 5. The van der Waals surface area contributed by atoms with Crippen LogP contribution in [0.25, 0.3) is 5.69 Å². The van der Waals surface area contributed by atoms with Crippen molar-refractivity contribution < 1.29 is 14.2 Å². The lowest BCUT2D eigenvalue weighted by atomic mass is 10.3. The topological polar surface area (TPSA) is 58.4 Å². The van der Waals surface area contributed by atoms with Gasteiger partial charge in [0.25, 0.3) is 0 Å². The van der Waals surface area contributed by atoms with Crippen molar-refractivity contribution in [1.29, 1.82) is 0 Å². The third kappa shape index (κ3) is 3.60. The van der Waals surface area contributed by atoms with E-state index in [0.29, 0.717) is 34.6 Å². The van der Waals surface area contributed by atoms with Crippen molar-refractivity contribution in [3.8, 4) is 22.9 Å². The van der Waals surface area contributed by atoms with Crippen LogP contribution in [0.4, 0.5) is 0 Å². The highest BCUT2D eigenvalue weighted by atomic mass is 35.5. The first kappa shape index (κ1) is 16.1. The summed E-state index contributed by atoms with van der Waals surface area (Å²) < 4.78 is 17.8. The first-order valence-corrected chi connectivity index (χ1v) is 7.59. The standard InChI is InChI=1S/C17H16ClN3O3/c1-22-16-7-6-14(9-17(16)23-2)21-10-13(19-20-21)11-24-15-5-3-4-12(18)8-15/h3-10H,11H2,1-2H3. The maximum Gasteiger partial charge on any atom is 0.162 e. The van der Waals surface area contributed by atoms with E-state index in [-0.39, 0.29) is 0 Å². The Morgan fingerprint density at radius 1 is 1.04 bits per heavy atom. The van der Waals surface area contributed by atoms with Gasteiger partial charge in [-0.05, 0) is 30.3 Å². The van der Waals surface area contributed by atoms with Crippen LogP contribution in [0.15, 0.2) is 48.7 Å². The molecule has 0 unspecified atom stereocenters. The Morgan fingerprint density at radius 2 is 1.88 bits per heavy atom. The zero-order valence-electron chi connectivity index (χ0n) is 13.3. The Balaban J connectivity index is 1.73. The molecule has 0 fully saturated rings. The Labute approximate surface area is 144 Å². The number of hydrogen-bond donors (Lipinski definition) is 0. The van der Waals surface area contributed by atoms with Crippen LogP contribution in [0.2, 0.25) is 5.02 Å². The first-order valence-electron chi connectivity index (χ1n) is 7.21. The average Bonchev–Trinajstić information content (AvgIpc) is 3.08. The van der Waals surface area contributed by atoms with Crippen LogP contribution >= 0.6 is 11.6 Å². The molecule has 0 aliphatic heterocycles. The average molecular weight is 346 g/mol. The summed E-state index contributed by atoms with van der Waals surface area (Å²) in [6.45, 7) is 0.299. The number of methoxy groups -OCH3 is 2. The predicted octanol–water partition coefficient (Wildman–Crippen LogP) is 3.52. The van der Waals surface area contributed by atoms with E-state index < -0.39 is 0 Å². The van der Waals surface area contributed by atoms with Gasteiger partial charge in [0.2, 0.25) is 0 Å². The van der Waals surface area contributed by atoms with Crippen LogP contribution in [0.3, 0.4) is 0 Å². The molecule has 1 aromatic heterocycles. The molecule has 7 heteroatoms. The van der Waals surface area contributed by atoms with Crippen molar-refractivity contribution in [3.63, 3.8) is 0 Å². The van der Waals surface area contributed by atoms with Crippen molar-refractivity contribution >= 4 is 11.6 Å². The van der Waals surface area contributed by atoms with Crippen molar-refractivity contribution in [1.82, 2.24) is 15.0 Å². The fraction of sp³-hybridized carbons (Fsp3) is 0.176. The van der Waals surface area contributed by atoms with E-state index in [4.69, 9.17) is 25.8 Å². The van der Waals surface area contributed by atoms with Crippen LogP contribution in [0.1, 0.15) is 5.69 Å². The number of benzene rings is 2.